The molecule has 1 aromatic rings. The second kappa shape index (κ2) is 6.55. The van der Waals surface area contributed by atoms with Gasteiger partial charge in [-0.1, -0.05) is 13.8 Å². The predicted molar refractivity (Wildman–Crippen MR) is 82.5 cm³/mol. The van der Waals surface area contributed by atoms with Gasteiger partial charge in [0.05, 0.1) is 0 Å². The highest BCUT2D eigenvalue weighted by molar-refractivity contribution is 5.55. The molecule has 3 nitrogen and oxygen atoms in total. The summed E-state index contributed by atoms with van der Waals surface area (Å²) in [6.45, 7) is 11.7. The third kappa shape index (κ3) is 3.70. The van der Waals surface area contributed by atoms with Crippen molar-refractivity contribution in [2.45, 2.75) is 26.8 Å². The lowest BCUT2D eigenvalue weighted by Gasteiger charge is -2.38. The predicted octanol–water partition coefficient (Wildman–Crippen LogP) is 2.62. The Kier molecular flexibility index (Phi) is 5.00. The Hall–Kier alpha value is -1.13. The largest absolute Gasteiger partial charge is 0.369 e. The average Bonchev–Trinajstić information content (AvgIpc) is 2.39. The van der Waals surface area contributed by atoms with Crippen LogP contribution in [-0.2, 0) is 0 Å². The first-order valence-corrected chi connectivity index (χ1v) is 7.49. The molecule has 0 amide bonds. The third-order valence-corrected chi connectivity index (χ3v) is 3.82. The monoisotopic (exact) mass is 279 g/mol. The highest BCUT2D eigenvalue weighted by atomic mass is 19.1. The van der Waals surface area contributed by atoms with Crippen LogP contribution in [0.5, 0.6) is 0 Å². The smallest absolute Gasteiger partial charge is 0.123 e. The van der Waals surface area contributed by atoms with Crippen molar-refractivity contribution in [3.8, 4) is 0 Å². The number of rotatable bonds is 4. The molecule has 1 heterocycles. The molecule has 112 valence electrons. The van der Waals surface area contributed by atoms with E-state index in [1.807, 2.05) is 13.0 Å². The molecular weight excluding hydrogens is 253 g/mol. The fourth-order valence-corrected chi connectivity index (χ4v) is 2.87. The van der Waals surface area contributed by atoms with Gasteiger partial charge in [-0.25, -0.2) is 4.39 Å². The van der Waals surface area contributed by atoms with E-state index in [1.54, 1.807) is 6.07 Å². The summed E-state index contributed by atoms with van der Waals surface area (Å²) in [6.07, 6.45) is 0. The topological polar surface area (TPSA) is 32.5 Å². The number of piperazine rings is 1. The van der Waals surface area contributed by atoms with Crippen molar-refractivity contribution in [3.05, 3.63) is 29.6 Å². The second-order valence-corrected chi connectivity index (χ2v) is 6.17. The number of anilines is 1. The van der Waals surface area contributed by atoms with E-state index in [2.05, 4.69) is 23.6 Å². The van der Waals surface area contributed by atoms with Crippen LogP contribution in [-0.4, -0.2) is 37.6 Å². The zero-order valence-electron chi connectivity index (χ0n) is 12.8. The van der Waals surface area contributed by atoms with Crippen LogP contribution in [0.3, 0.4) is 0 Å². The Labute approximate surface area is 121 Å². The standard InChI is InChI=1S/C16H26FN3/c1-12(2)11-19-6-8-20(9-7-19)16-5-4-14(17)10-15(16)13(3)18/h4-5,10,12-13H,6-9,11,18H2,1-3H3. The minimum Gasteiger partial charge on any atom is -0.369 e. The molecule has 2 rings (SSSR count). The molecule has 1 saturated heterocycles. The van der Waals surface area contributed by atoms with Gasteiger partial charge in [-0.3, -0.25) is 4.90 Å². The van der Waals surface area contributed by atoms with E-state index >= 15 is 0 Å². The average molecular weight is 279 g/mol. The van der Waals surface area contributed by atoms with Gasteiger partial charge in [-0.2, -0.15) is 0 Å². The number of nitrogens with two attached hydrogens (primary N) is 1. The molecular formula is C16H26FN3. The number of nitrogens with zero attached hydrogens (tertiary/aromatic N) is 2. The van der Waals surface area contributed by atoms with Crippen molar-refractivity contribution in [1.82, 2.24) is 4.90 Å². The van der Waals surface area contributed by atoms with Crippen molar-refractivity contribution >= 4 is 5.69 Å². The fourth-order valence-electron chi connectivity index (χ4n) is 2.87. The highest BCUT2D eigenvalue weighted by Crippen LogP contribution is 2.27. The first kappa shape index (κ1) is 15.3. The lowest BCUT2D eigenvalue weighted by molar-refractivity contribution is 0.231. The van der Waals surface area contributed by atoms with Crippen molar-refractivity contribution in [2.75, 3.05) is 37.6 Å². The maximum Gasteiger partial charge on any atom is 0.123 e. The molecule has 2 N–H and O–H groups in total. The van der Waals surface area contributed by atoms with Crippen molar-refractivity contribution in [3.63, 3.8) is 0 Å². The van der Waals surface area contributed by atoms with Crippen LogP contribution in [0.15, 0.2) is 18.2 Å². The van der Waals surface area contributed by atoms with E-state index in [1.165, 1.54) is 6.07 Å². The molecule has 1 aliphatic heterocycles. The fraction of sp³-hybridized carbons (Fsp3) is 0.625. The molecule has 4 heteroatoms. The zero-order valence-corrected chi connectivity index (χ0v) is 12.8. The summed E-state index contributed by atoms with van der Waals surface area (Å²) in [4.78, 5) is 4.82. The molecule has 0 bridgehead atoms. The summed E-state index contributed by atoms with van der Waals surface area (Å²) >= 11 is 0. The SMILES string of the molecule is CC(C)CN1CCN(c2ccc(F)cc2C(C)N)CC1. The Bertz CT molecular complexity index is 437. The summed E-state index contributed by atoms with van der Waals surface area (Å²) in [6, 6.07) is 4.82. The Morgan fingerprint density at radius 2 is 1.80 bits per heavy atom. The quantitative estimate of drug-likeness (QED) is 0.919. The van der Waals surface area contributed by atoms with Gasteiger partial charge in [-0.15, -0.1) is 0 Å². The van der Waals surface area contributed by atoms with Crippen LogP contribution in [0.4, 0.5) is 10.1 Å². The summed E-state index contributed by atoms with van der Waals surface area (Å²) < 4.78 is 13.4. The molecule has 1 aromatic carbocycles. The lowest BCUT2D eigenvalue weighted by atomic mass is 10.0. The summed E-state index contributed by atoms with van der Waals surface area (Å²) in [5, 5.41) is 0. The molecule has 0 spiro atoms. The van der Waals surface area contributed by atoms with Crippen LogP contribution in [0.2, 0.25) is 0 Å². The van der Waals surface area contributed by atoms with Gasteiger partial charge in [0.2, 0.25) is 0 Å². The molecule has 20 heavy (non-hydrogen) atoms. The van der Waals surface area contributed by atoms with Gasteiger partial charge in [-0.05, 0) is 36.6 Å². The van der Waals surface area contributed by atoms with Crippen LogP contribution in [0, 0.1) is 11.7 Å². The first-order chi connectivity index (χ1) is 9.47. The molecule has 0 aliphatic carbocycles. The van der Waals surface area contributed by atoms with E-state index in [0.29, 0.717) is 5.92 Å². The van der Waals surface area contributed by atoms with Gasteiger partial charge in [0, 0.05) is 44.5 Å². The van der Waals surface area contributed by atoms with Gasteiger partial charge >= 0.3 is 0 Å². The molecule has 1 aliphatic rings. The van der Waals surface area contributed by atoms with Crippen molar-refractivity contribution in [2.24, 2.45) is 11.7 Å². The van der Waals surface area contributed by atoms with E-state index < -0.39 is 0 Å². The molecule has 1 fully saturated rings. The van der Waals surface area contributed by atoms with Crippen molar-refractivity contribution in [1.29, 1.82) is 0 Å². The van der Waals surface area contributed by atoms with E-state index in [-0.39, 0.29) is 11.9 Å². The highest BCUT2D eigenvalue weighted by Gasteiger charge is 2.20. The van der Waals surface area contributed by atoms with Crippen molar-refractivity contribution < 1.29 is 4.39 Å². The zero-order chi connectivity index (χ0) is 14.7. The maximum absolute atomic E-state index is 13.4. The minimum atomic E-state index is -0.209. The minimum absolute atomic E-state index is 0.144. The number of hydrogen-bond donors (Lipinski definition) is 1. The van der Waals surface area contributed by atoms with Gasteiger partial charge in [0.15, 0.2) is 0 Å². The van der Waals surface area contributed by atoms with Gasteiger partial charge in [0.1, 0.15) is 5.82 Å². The Balaban J connectivity index is 2.07. The van der Waals surface area contributed by atoms with Crippen LogP contribution in [0.25, 0.3) is 0 Å². The maximum atomic E-state index is 13.4. The van der Waals surface area contributed by atoms with Crippen LogP contribution < -0.4 is 10.6 Å². The van der Waals surface area contributed by atoms with Gasteiger partial charge < -0.3 is 10.6 Å². The number of benzene rings is 1. The van der Waals surface area contributed by atoms with E-state index in [4.69, 9.17) is 5.73 Å². The molecule has 0 radical (unpaired) electrons. The first-order valence-electron chi connectivity index (χ1n) is 7.49. The summed E-state index contributed by atoms with van der Waals surface area (Å²) in [5.41, 5.74) is 7.97. The number of halogens is 1. The molecule has 1 unspecified atom stereocenters. The lowest BCUT2D eigenvalue weighted by Crippen LogP contribution is -2.47. The Morgan fingerprint density at radius 3 is 2.35 bits per heavy atom. The normalized spacial score (nSPS) is 18.6. The summed E-state index contributed by atoms with van der Waals surface area (Å²) in [7, 11) is 0. The van der Waals surface area contributed by atoms with E-state index in [9.17, 15) is 4.39 Å². The molecule has 0 saturated carbocycles. The number of hydrogen-bond acceptors (Lipinski definition) is 3. The van der Waals surface area contributed by atoms with Crippen LogP contribution >= 0.6 is 0 Å². The van der Waals surface area contributed by atoms with E-state index in [0.717, 1.165) is 44.0 Å². The Morgan fingerprint density at radius 1 is 1.15 bits per heavy atom. The van der Waals surface area contributed by atoms with Gasteiger partial charge in [0.25, 0.3) is 0 Å². The van der Waals surface area contributed by atoms with Crippen LogP contribution in [0.1, 0.15) is 32.4 Å². The molecule has 0 aromatic heterocycles. The third-order valence-electron chi connectivity index (χ3n) is 3.82. The molecule has 1 atom stereocenters. The summed E-state index contributed by atoms with van der Waals surface area (Å²) in [5.74, 6) is 0.492. The second-order valence-electron chi connectivity index (χ2n) is 6.17.